The minimum Gasteiger partial charge on any atom is -0.395 e. The molecule has 0 spiro atoms. The highest BCUT2D eigenvalue weighted by molar-refractivity contribution is 5.94. The fourth-order valence-corrected chi connectivity index (χ4v) is 1.82. The van der Waals surface area contributed by atoms with Gasteiger partial charge in [-0.2, -0.15) is 0 Å². The molecular formula is C14H19F2NO2. The van der Waals surface area contributed by atoms with Gasteiger partial charge in [0, 0.05) is 13.1 Å². The highest BCUT2D eigenvalue weighted by atomic mass is 19.1. The van der Waals surface area contributed by atoms with Crippen molar-refractivity contribution in [2.45, 2.75) is 26.2 Å². The molecular weight excluding hydrogens is 252 g/mol. The molecule has 0 radical (unpaired) electrons. The van der Waals surface area contributed by atoms with Gasteiger partial charge in [0.15, 0.2) is 0 Å². The number of nitrogens with zero attached hydrogens (tertiary/aromatic N) is 1. The predicted octanol–water partition coefficient (Wildman–Crippen LogP) is 2.59. The summed E-state index contributed by atoms with van der Waals surface area (Å²) in [6, 6.07) is 2.80. The summed E-state index contributed by atoms with van der Waals surface area (Å²) >= 11 is 0. The van der Waals surface area contributed by atoms with Gasteiger partial charge >= 0.3 is 0 Å². The Morgan fingerprint density at radius 3 is 2.63 bits per heavy atom. The Hall–Kier alpha value is -1.49. The van der Waals surface area contributed by atoms with Crippen LogP contribution < -0.4 is 0 Å². The molecule has 0 aliphatic carbocycles. The number of rotatable bonds is 7. The zero-order chi connectivity index (χ0) is 14.3. The Labute approximate surface area is 111 Å². The molecule has 0 aliphatic rings. The summed E-state index contributed by atoms with van der Waals surface area (Å²) in [5.74, 6) is -1.98. The second kappa shape index (κ2) is 7.84. The Balaban J connectivity index is 2.82. The summed E-state index contributed by atoms with van der Waals surface area (Å²) < 4.78 is 26.6. The Morgan fingerprint density at radius 1 is 1.26 bits per heavy atom. The van der Waals surface area contributed by atoms with E-state index in [4.69, 9.17) is 5.11 Å². The largest absolute Gasteiger partial charge is 0.395 e. The van der Waals surface area contributed by atoms with Gasteiger partial charge in [-0.3, -0.25) is 4.79 Å². The minimum atomic E-state index is -0.746. The van der Waals surface area contributed by atoms with E-state index in [0.29, 0.717) is 6.54 Å². The standard InChI is InChI=1S/C14H19F2NO2/c1-2-3-4-7-17(8-9-18)14(19)12-10-11(15)5-6-13(12)16/h5-6,10,18H,2-4,7-9H2,1H3. The number of carbonyl (C=O) groups is 1. The normalized spacial score (nSPS) is 10.5. The number of halogens is 2. The number of unbranched alkanes of at least 4 members (excludes halogenated alkanes) is 2. The molecule has 106 valence electrons. The molecule has 0 saturated heterocycles. The molecule has 0 aromatic heterocycles. The lowest BCUT2D eigenvalue weighted by atomic mass is 10.1. The monoisotopic (exact) mass is 271 g/mol. The van der Waals surface area contributed by atoms with Crippen LogP contribution in [0.2, 0.25) is 0 Å². The minimum absolute atomic E-state index is 0.124. The topological polar surface area (TPSA) is 40.5 Å². The van der Waals surface area contributed by atoms with Crippen molar-refractivity contribution < 1.29 is 18.7 Å². The Morgan fingerprint density at radius 2 is 2.00 bits per heavy atom. The van der Waals surface area contributed by atoms with E-state index >= 15 is 0 Å². The average molecular weight is 271 g/mol. The lowest BCUT2D eigenvalue weighted by Crippen LogP contribution is -2.35. The molecule has 0 atom stereocenters. The van der Waals surface area contributed by atoms with E-state index in [-0.39, 0.29) is 18.7 Å². The first-order valence-corrected chi connectivity index (χ1v) is 6.45. The van der Waals surface area contributed by atoms with Gasteiger partial charge < -0.3 is 10.0 Å². The number of benzene rings is 1. The number of hydrogen-bond donors (Lipinski definition) is 1. The van der Waals surface area contributed by atoms with Gasteiger partial charge in [-0.05, 0) is 24.6 Å². The summed E-state index contributed by atoms with van der Waals surface area (Å²) in [6.45, 7) is 2.39. The third-order valence-electron chi connectivity index (χ3n) is 2.85. The fourth-order valence-electron chi connectivity index (χ4n) is 1.82. The maximum atomic E-state index is 13.5. The van der Waals surface area contributed by atoms with Crippen LogP contribution in [0, 0.1) is 11.6 Å². The summed E-state index contributed by atoms with van der Waals surface area (Å²) in [6.07, 6.45) is 2.72. The number of aliphatic hydroxyl groups is 1. The smallest absolute Gasteiger partial charge is 0.257 e. The van der Waals surface area contributed by atoms with E-state index in [9.17, 15) is 13.6 Å². The Bertz CT molecular complexity index is 424. The van der Waals surface area contributed by atoms with Gasteiger partial charge in [0.2, 0.25) is 0 Å². The van der Waals surface area contributed by atoms with Crippen molar-refractivity contribution in [3.63, 3.8) is 0 Å². The van der Waals surface area contributed by atoms with Gasteiger partial charge in [0.05, 0.1) is 12.2 Å². The van der Waals surface area contributed by atoms with Gasteiger partial charge in [-0.15, -0.1) is 0 Å². The molecule has 0 saturated carbocycles. The first-order valence-electron chi connectivity index (χ1n) is 6.45. The lowest BCUT2D eigenvalue weighted by molar-refractivity contribution is 0.0713. The molecule has 0 bridgehead atoms. The third kappa shape index (κ3) is 4.59. The zero-order valence-electron chi connectivity index (χ0n) is 11.0. The molecule has 0 heterocycles. The van der Waals surface area contributed by atoms with Crippen LogP contribution in [-0.2, 0) is 0 Å². The second-order valence-corrected chi connectivity index (χ2v) is 4.35. The molecule has 19 heavy (non-hydrogen) atoms. The number of aliphatic hydroxyl groups excluding tert-OH is 1. The van der Waals surface area contributed by atoms with Crippen molar-refractivity contribution in [1.82, 2.24) is 4.90 Å². The van der Waals surface area contributed by atoms with Crippen molar-refractivity contribution in [3.05, 3.63) is 35.4 Å². The summed E-state index contributed by atoms with van der Waals surface area (Å²) in [7, 11) is 0. The van der Waals surface area contributed by atoms with E-state index < -0.39 is 17.5 Å². The molecule has 0 aliphatic heterocycles. The van der Waals surface area contributed by atoms with E-state index in [2.05, 4.69) is 0 Å². The lowest BCUT2D eigenvalue weighted by Gasteiger charge is -2.22. The van der Waals surface area contributed by atoms with E-state index in [1.165, 1.54) is 4.90 Å². The SMILES string of the molecule is CCCCCN(CCO)C(=O)c1cc(F)ccc1F. The molecule has 1 aromatic rings. The van der Waals surface area contributed by atoms with Gasteiger partial charge in [-0.25, -0.2) is 8.78 Å². The summed E-state index contributed by atoms with van der Waals surface area (Å²) in [5.41, 5.74) is -0.287. The van der Waals surface area contributed by atoms with Crippen LogP contribution in [0.15, 0.2) is 18.2 Å². The van der Waals surface area contributed by atoms with Crippen molar-refractivity contribution in [3.8, 4) is 0 Å². The van der Waals surface area contributed by atoms with Gasteiger partial charge in [0.1, 0.15) is 11.6 Å². The molecule has 1 amide bonds. The Kier molecular flexibility index (Phi) is 6.42. The summed E-state index contributed by atoms with van der Waals surface area (Å²) in [5, 5.41) is 8.95. The van der Waals surface area contributed by atoms with E-state index in [0.717, 1.165) is 37.5 Å². The third-order valence-corrected chi connectivity index (χ3v) is 2.85. The van der Waals surface area contributed by atoms with Crippen LogP contribution >= 0.6 is 0 Å². The zero-order valence-corrected chi connectivity index (χ0v) is 11.0. The first kappa shape index (κ1) is 15.6. The van der Waals surface area contributed by atoms with E-state index in [1.54, 1.807) is 0 Å². The maximum Gasteiger partial charge on any atom is 0.257 e. The highest BCUT2D eigenvalue weighted by Crippen LogP contribution is 2.13. The van der Waals surface area contributed by atoms with Crippen LogP contribution in [0.5, 0.6) is 0 Å². The fraction of sp³-hybridized carbons (Fsp3) is 0.500. The molecule has 5 heteroatoms. The van der Waals surface area contributed by atoms with Crippen molar-refractivity contribution >= 4 is 5.91 Å². The summed E-state index contributed by atoms with van der Waals surface area (Å²) in [4.78, 5) is 13.5. The van der Waals surface area contributed by atoms with Crippen molar-refractivity contribution in [2.75, 3.05) is 19.7 Å². The molecule has 3 nitrogen and oxygen atoms in total. The molecule has 0 unspecified atom stereocenters. The van der Waals surface area contributed by atoms with Crippen LogP contribution in [0.3, 0.4) is 0 Å². The van der Waals surface area contributed by atoms with Crippen LogP contribution in [0.1, 0.15) is 36.5 Å². The second-order valence-electron chi connectivity index (χ2n) is 4.35. The highest BCUT2D eigenvalue weighted by Gasteiger charge is 2.19. The van der Waals surface area contributed by atoms with Gasteiger partial charge in [0.25, 0.3) is 5.91 Å². The van der Waals surface area contributed by atoms with E-state index in [1.807, 2.05) is 6.92 Å². The molecule has 1 rings (SSSR count). The average Bonchev–Trinajstić information content (AvgIpc) is 2.40. The molecule has 0 fully saturated rings. The van der Waals surface area contributed by atoms with Crippen LogP contribution in [0.25, 0.3) is 0 Å². The van der Waals surface area contributed by atoms with Crippen LogP contribution in [0.4, 0.5) is 8.78 Å². The quantitative estimate of drug-likeness (QED) is 0.774. The maximum absolute atomic E-state index is 13.5. The first-order chi connectivity index (χ1) is 9.10. The number of carbonyl (C=O) groups excluding carboxylic acids is 1. The van der Waals surface area contributed by atoms with Crippen molar-refractivity contribution in [1.29, 1.82) is 0 Å². The number of amides is 1. The number of hydrogen-bond acceptors (Lipinski definition) is 2. The van der Waals surface area contributed by atoms with Crippen LogP contribution in [-0.4, -0.2) is 35.6 Å². The van der Waals surface area contributed by atoms with Gasteiger partial charge in [-0.1, -0.05) is 19.8 Å². The van der Waals surface area contributed by atoms with Crippen molar-refractivity contribution in [2.24, 2.45) is 0 Å². The molecule has 1 N–H and O–H groups in total. The molecule has 1 aromatic carbocycles. The predicted molar refractivity (Wildman–Crippen MR) is 68.9 cm³/mol.